The molecule has 2 aliphatic carbocycles. The van der Waals surface area contributed by atoms with Gasteiger partial charge in [0.2, 0.25) is 0 Å². The molecule has 1 N–H and O–H groups in total. The molecule has 0 bridgehead atoms. The molecule has 2 rings (SSSR count). The lowest BCUT2D eigenvalue weighted by molar-refractivity contribution is 0.178. The van der Waals surface area contributed by atoms with E-state index in [2.05, 4.69) is 19.2 Å². The van der Waals surface area contributed by atoms with Gasteiger partial charge >= 0.3 is 0 Å². The van der Waals surface area contributed by atoms with E-state index in [1.165, 1.54) is 51.4 Å². The zero-order valence-electron chi connectivity index (χ0n) is 11.2. The van der Waals surface area contributed by atoms with Crippen LogP contribution in [0.3, 0.4) is 0 Å². The van der Waals surface area contributed by atoms with Gasteiger partial charge in [-0.15, -0.1) is 0 Å². The molecule has 1 heteroatoms. The van der Waals surface area contributed by atoms with Crippen LogP contribution in [0.15, 0.2) is 0 Å². The van der Waals surface area contributed by atoms with Crippen molar-refractivity contribution in [2.75, 3.05) is 6.54 Å². The third-order valence-corrected chi connectivity index (χ3v) is 4.91. The van der Waals surface area contributed by atoms with Gasteiger partial charge in [-0.2, -0.15) is 0 Å². The minimum Gasteiger partial charge on any atom is -0.314 e. The van der Waals surface area contributed by atoms with Gasteiger partial charge in [0.15, 0.2) is 0 Å². The van der Waals surface area contributed by atoms with Crippen LogP contribution in [0.2, 0.25) is 0 Å². The Morgan fingerprint density at radius 2 is 1.75 bits per heavy atom. The van der Waals surface area contributed by atoms with E-state index in [4.69, 9.17) is 0 Å². The molecule has 0 heterocycles. The molecule has 0 aromatic carbocycles. The predicted molar refractivity (Wildman–Crippen MR) is 70.5 cm³/mol. The van der Waals surface area contributed by atoms with Crippen LogP contribution in [0.25, 0.3) is 0 Å². The van der Waals surface area contributed by atoms with Crippen molar-refractivity contribution in [2.45, 2.75) is 71.3 Å². The van der Waals surface area contributed by atoms with E-state index < -0.39 is 0 Å². The van der Waals surface area contributed by atoms with Crippen LogP contribution in [-0.2, 0) is 0 Å². The molecule has 0 aromatic heterocycles. The van der Waals surface area contributed by atoms with Crippen LogP contribution in [0, 0.1) is 17.8 Å². The summed E-state index contributed by atoms with van der Waals surface area (Å²) < 4.78 is 0. The van der Waals surface area contributed by atoms with E-state index in [0.717, 1.165) is 30.3 Å². The molecular weight excluding hydrogens is 194 g/mol. The minimum atomic E-state index is 0.836. The molecule has 1 nitrogen and oxygen atoms in total. The lowest BCUT2D eigenvalue weighted by Gasteiger charge is -2.37. The second kappa shape index (κ2) is 6.05. The fraction of sp³-hybridized carbons (Fsp3) is 1.00. The van der Waals surface area contributed by atoms with E-state index in [1.54, 1.807) is 0 Å². The molecular formula is C15H29N. The Bertz CT molecular complexity index is 190. The number of hydrogen-bond acceptors (Lipinski definition) is 1. The summed E-state index contributed by atoms with van der Waals surface area (Å²) in [6.07, 6.45) is 11.9. The first-order chi connectivity index (χ1) is 7.79. The summed E-state index contributed by atoms with van der Waals surface area (Å²) in [5.74, 6) is 3.03. The average molecular weight is 223 g/mol. The van der Waals surface area contributed by atoms with Gasteiger partial charge in [0.1, 0.15) is 0 Å². The van der Waals surface area contributed by atoms with E-state index in [0.29, 0.717) is 0 Å². The summed E-state index contributed by atoms with van der Waals surface area (Å²) in [7, 11) is 0. The summed E-state index contributed by atoms with van der Waals surface area (Å²) in [5.41, 5.74) is 0. The molecule has 0 saturated heterocycles. The van der Waals surface area contributed by atoms with Crippen LogP contribution in [-0.4, -0.2) is 12.6 Å². The maximum Gasteiger partial charge on any atom is 0.00978 e. The number of hydrogen-bond donors (Lipinski definition) is 1. The first-order valence-corrected chi connectivity index (χ1v) is 7.53. The van der Waals surface area contributed by atoms with Gasteiger partial charge in [-0.1, -0.05) is 46.0 Å². The van der Waals surface area contributed by atoms with Crippen molar-refractivity contribution in [1.29, 1.82) is 0 Å². The molecule has 0 radical (unpaired) electrons. The second-order valence-electron chi connectivity index (χ2n) is 6.22. The van der Waals surface area contributed by atoms with Crippen LogP contribution in [0.1, 0.15) is 65.2 Å². The zero-order valence-corrected chi connectivity index (χ0v) is 11.2. The third-order valence-electron chi connectivity index (χ3n) is 4.91. The van der Waals surface area contributed by atoms with Crippen molar-refractivity contribution in [3.8, 4) is 0 Å². The standard InChI is InChI=1S/C15H29N/c1-3-16-15(11-13-5-4-6-13)14-9-7-12(2)8-10-14/h12-16H,3-11H2,1-2H3. The maximum atomic E-state index is 3.77. The topological polar surface area (TPSA) is 12.0 Å². The second-order valence-corrected chi connectivity index (χ2v) is 6.22. The van der Waals surface area contributed by atoms with Crippen LogP contribution < -0.4 is 5.32 Å². The normalized spacial score (nSPS) is 33.4. The molecule has 94 valence electrons. The van der Waals surface area contributed by atoms with E-state index in [9.17, 15) is 0 Å². The van der Waals surface area contributed by atoms with Crippen molar-refractivity contribution >= 4 is 0 Å². The molecule has 0 aromatic rings. The SMILES string of the molecule is CCNC(CC1CCC1)C1CCC(C)CC1. The fourth-order valence-electron chi connectivity index (χ4n) is 3.48. The average Bonchev–Trinajstić information content (AvgIpc) is 2.23. The number of rotatable bonds is 5. The molecule has 1 unspecified atom stereocenters. The predicted octanol–water partition coefficient (Wildman–Crippen LogP) is 3.98. The molecule has 0 spiro atoms. The van der Waals surface area contributed by atoms with Gasteiger partial charge in [-0.3, -0.25) is 0 Å². The Morgan fingerprint density at radius 3 is 2.25 bits per heavy atom. The van der Waals surface area contributed by atoms with E-state index >= 15 is 0 Å². The largest absolute Gasteiger partial charge is 0.314 e. The zero-order chi connectivity index (χ0) is 11.4. The Balaban J connectivity index is 1.80. The molecule has 2 saturated carbocycles. The van der Waals surface area contributed by atoms with Gasteiger partial charge in [0.05, 0.1) is 0 Å². The molecule has 0 amide bonds. The monoisotopic (exact) mass is 223 g/mol. The van der Waals surface area contributed by atoms with Crippen molar-refractivity contribution < 1.29 is 0 Å². The Hall–Kier alpha value is -0.0400. The van der Waals surface area contributed by atoms with Crippen molar-refractivity contribution in [1.82, 2.24) is 5.32 Å². The van der Waals surface area contributed by atoms with Gasteiger partial charge in [-0.25, -0.2) is 0 Å². The van der Waals surface area contributed by atoms with Crippen molar-refractivity contribution in [2.24, 2.45) is 17.8 Å². The van der Waals surface area contributed by atoms with Crippen molar-refractivity contribution in [3.63, 3.8) is 0 Å². The summed E-state index contributed by atoms with van der Waals surface area (Å²) in [6, 6.07) is 0.836. The molecule has 2 fully saturated rings. The van der Waals surface area contributed by atoms with E-state index in [-0.39, 0.29) is 0 Å². The highest BCUT2D eigenvalue weighted by atomic mass is 14.9. The quantitative estimate of drug-likeness (QED) is 0.743. The molecule has 2 aliphatic rings. The van der Waals surface area contributed by atoms with E-state index in [1.807, 2.05) is 0 Å². The summed E-state index contributed by atoms with van der Waals surface area (Å²) in [4.78, 5) is 0. The molecule has 16 heavy (non-hydrogen) atoms. The minimum absolute atomic E-state index is 0.836. The van der Waals surface area contributed by atoms with Crippen LogP contribution >= 0.6 is 0 Å². The van der Waals surface area contributed by atoms with Gasteiger partial charge in [0, 0.05) is 6.04 Å². The Kier molecular flexibility index (Phi) is 4.69. The lowest BCUT2D eigenvalue weighted by atomic mass is 9.73. The fourth-order valence-corrected chi connectivity index (χ4v) is 3.48. The highest BCUT2D eigenvalue weighted by Crippen LogP contribution is 2.36. The third kappa shape index (κ3) is 3.23. The summed E-state index contributed by atoms with van der Waals surface area (Å²) in [6.45, 7) is 5.84. The Morgan fingerprint density at radius 1 is 1.06 bits per heavy atom. The Labute approximate surface area is 101 Å². The maximum absolute atomic E-state index is 3.77. The number of nitrogens with one attached hydrogen (secondary N) is 1. The molecule has 0 aliphatic heterocycles. The molecule has 1 atom stereocenters. The lowest BCUT2D eigenvalue weighted by Crippen LogP contribution is -2.40. The van der Waals surface area contributed by atoms with Gasteiger partial charge < -0.3 is 5.32 Å². The van der Waals surface area contributed by atoms with Crippen LogP contribution in [0.4, 0.5) is 0 Å². The van der Waals surface area contributed by atoms with Crippen molar-refractivity contribution in [3.05, 3.63) is 0 Å². The summed E-state index contributed by atoms with van der Waals surface area (Å²) >= 11 is 0. The highest BCUT2D eigenvalue weighted by Gasteiger charge is 2.29. The highest BCUT2D eigenvalue weighted by molar-refractivity contribution is 4.84. The first-order valence-electron chi connectivity index (χ1n) is 7.53. The smallest absolute Gasteiger partial charge is 0.00978 e. The summed E-state index contributed by atoms with van der Waals surface area (Å²) in [5, 5.41) is 3.77. The van der Waals surface area contributed by atoms with Gasteiger partial charge in [-0.05, 0) is 43.6 Å². The van der Waals surface area contributed by atoms with Gasteiger partial charge in [0.25, 0.3) is 0 Å². The van der Waals surface area contributed by atoms with Crippen LogP contribution in [0.5, 0.6) is 0 Å². The first kappa shape index (κ1) is 12.4.